The predicted molar refractivity (Wildman–Crippen MR) is 152 cm³/mol. The molecule has 9 nitrogen and oxygen atoms in total. The molecule has 2 N–H and O–H groups in total. The molecule has 0 saturated heterocycles. The lowest BCUT2D eigenvalue weighted by molar-refractivity contribution is 0.0488. The van der Waals surface area contributed by atoms with Crippen LogP contribution >= 0.6 is 11.3 Å². The Kier molecular flexibility index (Phi) is 9.50. The normalized spacial score (nSPS) is 15.7. The molecule has 1 aromatic heterocycles. The number of Topliss-reactive ketones (excluding diaryl/α,β-unsaturated/α-hetero) is 1. The van der Waals surface area contributed by atoms with Crippen molar-refractivity contribution >= 4 is 33.2 Å². The number of benzene rings is 1. The fraction of sp³-hybridized carbons (Fsp3) is 0.607. The lowest BCUT2D eigenvalue weighted by Gasteiger charge is -2.35. The van der Waals surface area contributed by atoms with E-state index in [1.165, 1.54) is 17.5 Å². The minimum absolute atomic E-state index is 0.200. The van der Waals surface area contributed by atoms with Gasteiger partial charge in [0.2, 0.25) is 15.8 Å². The number of unbranched alkanes of at least 4 members (excludes halogenated alkanes) is 1. The highest BCUT2D eigenvalue weighted by molar-refractivity contribution is 7.89. The number of hydrogen-bond donors (Lipinski definition) is 2. The van der Waals surface area contributed by atoms with Gasteiger partial charge in [0.05, 0.1) is 10.9 Å². The standard InChI is InChI=1S/C28H41N3O6S2/c1-17-18(2)24(19(3)20-12-13-28(7,8)36-23(17)20)39(34,35)30-14-10-9-11-21(22(32)25-29-15-16-38-25)31-26(33)37-27(4,5)6/h15-16,21,30H,9-14H2,1-8H3,(H,31,33). The van der Waals surface area contributed by atoms with E-state index in [9.17, 15) is 18.0 Å². The fourth-order valence-corrected chi connectivity index (χ4v) is 6.99. The van der Waals surface area contributed by atoms with Gasteiger partial charge in [-0.25, -0.2) is 22.9 Å². The number of ether oxygens (including phenoxy) is 2. The number of carbonyl (C=O) groups is 2. The third kappa shape index (κ3) is 7.79. The Morgan fingerprint density at radius 2 is 1.85 bits per heavy atom. The molecule has 1 aromatic carbocycles. The quantitative estimate of drug-likeness (QED) is 0.285. The van der Waals surface area contributed by atoms with Crippen LogP contribution in [0.2, 0.25) is 0 Å². The molecule has 1 aliphatic heterocycles. The zero-order valence-electron chi connectivity index (χ0n) is 24.2. The van der Waals surface area contributed by atoms with Gasteiger partial charge in [0, 0.05) is 18.1 Å². The Labute approximate surface area is 236 Å². The Balaban J connectivity index is 1.65. The SMILES string of the molecule is Cc1c(C)c(S(=O)(=O)NCCCCC(NC(=O)OC(C)(C)C)C(=O)c2nccs2)c(C)c2c1OC(C)(C)CC2. The molecular formula is C28H41N3O6S2. The lowest BCUT2D eigenvalue weighted by Crippen LogP contribution is -2.43. The summed E-state index contributed by atoms with van der Waals surface area (Å²) in [4.78, 5) is 29.7. The Bertz CT molecular complexity index is 1310. The Morgan fingerprint density at radius 1 is 1.15 bits per heavy atom. The van der Waals surface area contributed by atoms with Crippen molar-refractivity contribution in [1.82, 2.24) is 15.0 Å². The molecule has 0 bridgehead atoms. The predicted octanol–water partition coefficient (Wildman–Crippen LogP) is 5.40. The highest BCUT2D eigenvalue weighted by atomic mass is 32.2. The summed E-state index contributed by atoms with van der Waals surface area (Å²) >= 11 is 1.20. The van der Waals surface area contributed by atoms with Crippen LogP contribution in [0.4, 0.5) is 4.79 Å². The van der Waals surface area contributed by atoms with Crippen LogP contribution in [-0.2, 0) is 21.2 Å². The van der Waals surface area contributed by atoms with E-state index in [0.717, 1.165) is 35.3 Å². The van der Waals surface area contributed by atoms with Crippen LogP contribution in [-0.4, -0.2) is 49.1 Å². The number of sulfonamides is 1. The van der Waals surface area contributed by atoms with Crippen molar-refractivity contribution in [3.63, 3.8) is 0 Å². The van der Waals surface area contributed by atoms with E-state index in [4.69, 9.17) is 9.47 Å². The first kappa shape index (κ1) is 31.0. The van der Waals surface area contributed by atoms with Gasteiger partial charge in [-0.15, -0.1) is 11.3 Å². The zero-order chi connectivity index (χ0) is 29.2. The van der Waals surface area contributed by atoms with Gasteiger partial charge in [0.15, 0.2) is 5.01 Å². The second-order valence-corrected chi connectivity index (χ2v) is 14.3. The van der Waals surface area contributed by atoms with Crippen LogP contribution in [0.5, 0.6) is 5.75 Å². The highest BCUT2D eigenvalue weighted by Crippen LogP contribution is 2.42. The van der Waals surface area contributed by atoms with E-state index in [-0.39, 0.29) is 17.9 Å². The third-order valence-electron chi connectivity index (χ3n) is 6.80. The largest absolute Gasteiger partial charge is 0.487 e. The number of thiazole rings is 1. The number of carbonyl (C=O) groups excluding carboxylic acids is 2. The number of nitrogens with one attached hydrogen (secondary N) is 2. The Morgan fingerprint density at radius 3 is 2.46 bits per heavy atom. The molecule has 1 amide bonds. The van der Waals surface area contributed by atoms with E-state index in [2.05, 4.69) is 15.0 Å². The van der Waals surface area contributed by atoms with Crippen molar-refractivity contribution in [1.29, 1.82) is 0 Å². The summed E-state index contributed by atoms with van der Waals surface area (Å²) in [6.45, 7) is 15.1. The van der Waals surface area contributed by atoms with Crippen LogP contribution in [0.3, 0.4) is 0 Å². The Hall–Kier alpha value is -2.50. The fourth-order valence-electron chi connectivity index (χ4n) is 4.72. The molecule has 0 saturated carbocycles. The van der Waals surface area contributed by atoms with Gasteiger partial charge >= 0.3 is 6.09 Å². The van der Waals surface area contributed by atoms with E-state index >= 15 is 0 Å². The monoisotopic (exact) mass is 579 g/mol. The van der Waals surface area contributed by atoms with Crippen molar-refractivity contribution in [3.8, 4) is 5.75 Å². The molecule has 1 aliphatic rings. The minimum atomic E-state index is -3.77. The van der Waals surface area contributed by atoms with Crippen LogP contribution in [0.15, 0.2) is 16.5 Å². The van der Waals surface area contributed by atoms with Crippen LogP contribution in [0.1, 0.15) is 92.4 Å². The van der Waals surface area contributed by atoms with E-state index in [1.54, 1.807) is 26.2 Å². The third-order valence-corrected chi connectivity index (χ3v) is 9.32. The molecule has 3 rings (SSSR count). The smallest absolute Gasteiger partial charge is 0.408 e. The summed E-state index contributed by atoms with van der Waals surface area (Å²) in [7, 11) is -3.77. The maximum absolute atomic E-state index is 13.4. The van der Waals surface area contributed by atoms with Crippen molar-refractivity contribution in [2.45, 2.75) is 110 Å². The van der Waals surface area contributed by atoms with Crippen molar-refractivity contribution in [2.75, 3.05) is 6.54 Å². The molecule has 1 unspecified atom stereocenters. The molecule has 0 spiro atoms. The molecule has 0 aliphatic carbocycles. The first-order valence-corrected chi connectivity index (χ1v) is 15.6. The van der Waals surface area contributed by atoms with Gasteiger partial charge in [-0.05, 0) is 110 Å². The second kappa shape index (κ2) is 11.9. The molecule has 0 radical (unpaired) electrons. The highest BCUT2D eigenvalue weighted by Gasteiger charge is 2.33. The maximum Gasteiger partial charge on any atom is 0.408 e. The summed E-state index contributed by atoms with van der Waals surface area (Å²) in [6, 6.07) is -0.820. The zero-order valence-corrected chi connectivity index (χ0v) is 25.8. The maximum atomic E-state index is 13.4. The average Bonchev–Trinajstić information content (AvgIpc) is 3.34. The number of rotatable bonds is 10. The van der Waals surface area contributed by atoms with Gasteiger partial charge in [-0.1, -0.05) is 0 Å². The van der Waals surface area contributed by atoms with Gasteiger partial charge < -0.3 is 14.8 Å². The van der Waals surface area contributed by atoms with Crippen LogP contribution in [0.25, 0.3) is 0 Å². The van der Waals surface area contributed by atoms with Crippen molar-refractivity contribution in [3.05, 3.63) is 38.8 Å². The van der Waals surface area contributed by atoms with Crippen molar-refractivity contribution in [2.24, 2.45) is 0 Å². The second-order valence-electron chi connectivity index (χ2n) is 11.7. The first-order chi connectivity index (χ1) is 18.0. The number of aromatic nitrogens is 1. The van der Waals surface area contributed by atoms with Crippen molar-refractivity contribution < 1.29 is 27.5 Å². The average molecular weight is 580 g/mol. The number of ketones is 1. The molecule has 2 heterocycles. The molecule has 39 heavy (non-hydrogen) atoms. The number of amides is 1. The van der Waals surface area contributed by atoms with Gasteiger partial charge in [0.25, 0.3) is 0 Å². The molecular weight excluding hydrogens is 538 g/mol. The number of hydrogen-bond acceptors (Lipinski definition) is 8. The van der Waals surface area contributed by atoms with Crippen LogP contribution in [0, 0.1) is 20.8 Å². The van der Waals surface area contributed by atoms with E-state index < -0.39 is 27.8 Å². The van der Waals surface area contributed by atoms with Gasteiger partial charge in [-0.3, -0.25) is 4.79 Å². The van der Waals surface area contributed by atoms with E-state index in [0.29, 0.717) is 34.7 Å². The summed E-state index contributed by atoms with van der Waals surface area (Å²) in [5.74, 6) is 0.506. The first-order valence-electron chi connectivity index (χ1n) is 13.3. The summed E-state index contributed by atoms with van der Waals surface area (Å²) in [5, 5.41) is 4.66. The molecule has 0 fully saturated rings. The van der Waals surface area contributed by atoms with Gasteiger partial charge in [0.1, 0.15) is 17.0 Å². The lowest BCUT2D eigenvalue weighted by atomic mass is 9.88. The molecule has 2 aromatic rings. The van der Waals surface area contributed by atoms with E-state index in [1.807, 2.05) is 34.6 Å². The van der Waals surface area contributed by atoms with Gasteiger partial charge in [-0.2, -0.15) is 0 Å². The topological polar surface area (TPSA) is 124 Å². The molecule has 11 heteroatoms. The summed E-state index contributed by atoms with van der Waals surface area (Å²) in [5.41, 5.74) is 2.23. The number of nitrogens with zero attached hydrogens (tertiary/aromatic N) is 1. The molecule has 216 valence electrons. The summed E-state index contributed by atoms with van der Waals surface area (Å²) < 4.78 is 41.1. The molecule has 1 atom stereocenters. The minimum Gasteiger partial charge on any atom is -0.487 e. The van der Waals surface area contributed by atoms with Crippen LogP contribution < -0.4 is 14.8 Å². The summed E-state index contributed by atoms with van der Waals surface area (Å²) in [6.07, 6.45) is 3.74. The number of fused-ring (bicyclic) bond motifs is 1. The number of alkyl carbamates (subject to hydrolysis) is 1.